The van der Waals surface area contributed by atoms with E-state index in [4.69, 9.17) is 11.6 Å². The number of piperidine rings is 1. The third kappa shape index (κ3) is 2.91. The first-order valence-electron chi connectivity index (χ1n) is 7.07. The summed E-state index contributed by atoms with van der Waals surface area (Å²) < 4.78 is 0. The van der Waals surface area contributed by atoms with Gasteiger partial charge in [-0.2, -0.15) is 0 Å². The van der Waals surface area contributed by atoms with E-state index in [1.807, 2.05) is 0 Å². The predicted octanol–water partition coefficient (Wildman–Crippen LogP) is 2.26. The molecule has 0 radical (unpaired) electrons. The Balaban J connectivity index is 1.63. The Kier molecular flexibility index (Phi) is 3.74. The second kappa shape index (κ2) is 5.35. The molecule has 2 fully saturated rings. The molecule has 1 aromatic rings. The summed E-state index contributed by atoms with van der Waals surface area (Å²) in [6, 6.07) is 0. The topological polar surface area (TPSA) is 49.2 Å². The minimum Gasteiger partial charge on any atom is -0.390 e. The van der Waals surface area contributed by atoms with Gasteiger partial charge < -0.3 is 5.11 Å². The summed E-state index contributed by atoms with van der Waals surface area (Å²) in [7, 11) is 0. The van der Waals surface area contributed by atoms with Crippen molar-refractivity contribution in [2.75, 3.05) is 13.1 Å². The molecular weight excluding hydrogens is 262 g/mol. The fourth-order valence-electron chi connectivity index (χ4n) is 3.43. The van der Waals surface area contributed by atoms with Gasteiger partial charge >= 0.3 is 0 Å². The van der Waals surface area contributed by atoms with E-state index in [9.17, 15) is 5.11 Å². The Labute approximate surface area is 118 Å². The van der Waals surface area contributed by atoms with Gasteiger partial charge in [-0.1, -0.05) is 24.4 Å². The van der Waals surface area contributed by atoms with Gasteiger partial charge in [0.1, 0.15) is 5.15 Å². The van der Waals surface area contributed by atoms with Gasteiger partial charge in [0.05, 0.1) is 23.7 Å². The summed E-state index contributed by atoms with van der Waals surface area (Å²) in [6.45, 7) is 2.72. The molecule has 0 spiro atoms. The summed E-state index contributed by atoms with van der Waals surface area (Å²) in [5.41, 5.74) is 0.547. The van der Waals surface area contributed by atoms with Gasteiger partial charge in [0, 0.05) is 25.6 Å². The minimum absolute atomic E-state index is 0.402. The minimum atomic E-state index is -0.402. The number of hydrogen-bond donors (Lipinski definition) is 1. The number of halogens is 1. The molecule has 1 saturated heterocycles. The molecule has 0 aromatic carbocycles. The highest BCUT2D eigenvalue weighted by Gasteiger charge is 2.42. The highest BCUT2D eigenvalue weighted by atomic mass is 35.5. The molecular formula is C14H20ClN3O. The molecule has 19 heavy (non-hydrogen) atoms. The van der Waals surface area contributed by atoms with Crippen molar-refractivity contribution in [3.63, 3.8) is 0 Å². The summed E-state index contributed by atoms with van der Waals surface area (Å²) in [5.74, 6) is 0.426. The standard InChI is InChI=1S/C14H20ClN3O/c15-13-8-16-12(7-17-13)10-18-6-5-14(19)4-2-1-3-11(14)9-18/h7-8,11,19H,1-6,9-10H2. The molecule has 4 nitrogen and oxygen atoms in total. The number of aliphatic hydroxyl groups is 1. The second-order valence-electron chi connectivity index (χ2n) is 5.86. The number of aromatic nitrogens is 2. The van der Waals surface area contributed by atoms with Crippen molar-refractivity contribution < 1.29 is 5.11 Å². The zero-order chi connectivity index (χ0) is 13.3. The smallest absolute Gasteiger partial charge is 0.147 e. The van der Waals surface area contributed by atoms with Crippen LogP contribution in [-0.4, -0.2) is 38.7 Å². The summed E-state index contributed by atoms with van der Waals surface area (Å²) in [6.07, 6.45) is 8.78. The fraction of sp³-hybridized carbons (Fsp3) is 0.714. The number of fused-ring (bicyclic) bond motifs is 1. The maximum absolute atomic E-state index is 10.6. The molecule has 2 unspecified atom stereocenters. The molecule has 1 N–H and O–H groups in total. The van der Waals surface area contributed by atoms with E-state index in [2.05, 4.69) is 14.9 Å². The van der Waals surface area contributed by atoms with Crippen molar-refractivity contribution in [3.8, 4) is 0 Å². The Hall–Kier alpha value is -0.710. The molecule has 1 aliphatic heterocycles. The van der Waals surface area contributed by atoms with E-state index in [1.165, 1.54) is 12.8 Å². The summed E-state index contributed by atoms with van der Waals surface area (Å²) >= 11 is 5.74. The first-order valence-corrected chi connectivity index (χ1v) is 7.45. The predicted molar refractivity (Wildman–Crippen MR) is 73.8 cm³/mol. The zero-order valence-corrected chi connectivity index (χ0v) is 11.8. The number of hydrogen-bond acceptors (Lipinski definition) is 4. The molecule has 5 heteroatoms. The van der Waals surface area contributed by atoms with Crippen molar-refractivity contribution in [3.05, 3.63) is 23.2 Å². The Morgan fingerprint density at radius 3 is 3.00 bits per heavy atom. The highest BCUT2D eigenvalue weighted by molar-refractivity contribution is 6.29. The van der Waals surface area contributed by atoms with E-state index in [0.717, 1.165) is 44.6 Å². The normalized spacial score (nSPS) is 32.0. The lowest BCUT2D eigenvalue weighted by Gasteiger charge is -2.47. The van der Waals surface area contributed by atoms with Crippen LogP contribution in [0.15, 0.2) is 12.4 Å². The maximum Gasteiger partial charge on any atom is 0.147 e. The van der Waals surface area contributed by atoms with Crippen LogP contribution >= 0.6 is 11.6 Å². The fourth-order valence-corrected chi connectivity index (χ4v) is 3.53. The van der Waals surface area contributed by atoms with Crippen LogP contribution in [0.2, 0.25) is 5.15 Å². The van der Waals surface area contributed by atoms with Crippen LogP contribution in [0.3, 0.4) is 0 Å². The quantitative estimate of drug-likeness (QED) is 0.903. The van der Waals surface area contributed by atoms with Gasteiger partial charge in [-0.05, 0) is 19.3 Å². The highest BCUT2D eigenvalue weighted by Crippen LogP contribution is 2.39. The number of rotatable bonds is 2. The largest absolute Gasteiger partial charge is 0.390 e. The molecule has 104 valence electrons. The average molecular weight is 282 g/mol. The Morgan fingerprint density at radius 1 is 1.32 bits per heavy atom. The van der Waals surface area contributed by atoms with Gasteiger partial charge in [0.25, 0.3) is 0 Å². The van der Waals surface area contributed by atoms with Crippen LogP contribution in [0.5, 0.6) is 0 Å². The third-order valence-corrected chi connectivity index (χ3v) is 4.77. The Bertz CT molecular complexity index is 439. The van der Waals surface area contributed by atoms with E-state index in [1.54, 1.807) is 12.4 Å². The van der Waals surface area contributed by atoms with Crippen molar-refractivity contribution in [2.24, 2.45) is 5.92 Å². The first kappa shape index (κ1) is 13.3. The van der Waals surface area contributed by atoms with Crippen LogP contribution in [0.25, 0.3) is 0 Å². The molecule has 2 heterocycles. The van der Waals surface area contributed by atoms with E-state index >= 15 is 0 Å². The van der Waals surface area contributed by atoms with Crippen LogP contribution in [0, 0.1) is 5.92 Å². The maximum atomic E-state index is 10.6. The first-order chi connectivity index (χ1) is 9.16. The zero-order valence-electron chi connectivity index (χ0n) is 11.1. The van der Waals surface area contributed by atoms with Crippen molar-refractivity contribution in [1.82, 2.24) is 14.9 Å². The third-order valence-electron chi connectivity index (χ3n) is 4.57. The van der Waals surface area contributed by atoms with Crippen LogP contribution in [0.4, 0.5) is 0 Å². The summed E-state index contributed by atoms with van der Waals surface area (Å²) in [4.78, 5) is 10.7. The Morgan fingerprint density at radius 2 is 2.21 bits per heavy atom. The van der Waals surface area contributed by atoms with E-state index in [0.29, 0.717) is 11.1 Å². The molecule has 3 rings (SSSR count). The van der Waals surface area contributed by atoms with Crippen molar-refractivity contribution in [2.45, 2.75) is 44.2 Å². The molecule has 1 aromatic heterocycles. The molecule has 1 aliphatic carbocycles. The van der Waals surface area contributed by atoms with Crippen LogP contribution in [-0.2, 0) is 6.54 Å². The van der Waals surface area contributed by atoms with Crippen LogP contribution in [0.1, 0.15) is 37.8 Å². The molecule has 2 aliphatic rings. The van der Waals surface area contributed by atoms with Gasteiger partial charge in [0.15, 0.2) is 0 Å². The lowest BCUT2D eigenvalue weighted by Crippen LogP contribution is -2.53. The van der Waals surface area contributed by atoms with Crippen molar-refractivity contribution in [1.29, 1.82) is 0 Å². The second-order valence-corrected chi connectivity index (χ2v) is 6.25. The van der Waals surface area contributed by atoms with E-state index in [-0.39, 0.29) is 0 Å². The molecule has 0 bridgehead atoms. The number of likely N-dealkylation sites (tertiary alicyclic amines) is 1. The monoisotopic (exact) mass is 281 g/mol. The molecule has 2 atom stereocenters. The number of nitrogens with zero attached hydrogens (tertiary/aromatic N) is 3. The molecule has 1 saturated carbocycles. The lowest BCUT2D eigenvalue weighted by atomic mass is 9.71. The lowest BCUT2D eigenvalue weighted by molar-refractivity contribution is -0.0969. The van der Waals surface area contributed by atoms with Crippen molar-refractivity contribution >= 4 is 11.6 Å². The molecule has 0 amide bonds. The van der Waals surface area contributed by atoms with Gasteiger partial charge in [0.2, 0.25) is 0 Å². The van der Waals surface area contributed by atoms with Gasteiger partial charge in [-0.3, -0.25) is 9.88 Å². The van der Waals surface area contributed by atoms with Gasteiger partial charge in [-0.25, -0.2) is 4.98 Å². The van der Waals surface area contributed by atoms with E-state index < -0.39 is 5.60 Å². The summed E-state index contributed by atoms with van der Waals surface area (Å²) in [5, 5.41) is 11.1. The van der Waals surface area contributed by atoms with Gasteiger partial charge in [-0.15, -0.1) is 0 Å². The van der Waals surface area contributed by atoms with Crippen LogP contribution < -0.4 is 0 Å². The average Bonchev–Trinajstić information content (AvgIpc) is 2.41. The SMILES string of the molecule is OC12CCCCC1CN(Cc1cnc(Cl)cn1)CC2.